The van der Waals surface area contributed by atoms with Crippen LogP contribution < -0.4 is 0 Å². The molecule has 3 aromatic heterocycles. The summed E-state index contributed by atoms with van der Waals surface area (Å²) in [6.45, 7) is 4.63. The average Bonchev–Trinajstić information content (AvgIpc) is 3.71. The Balaban J connectivity index is 0.000000311. The van der Waals surface area contributed by atoms with Crippen LogP contribution in [0.3, 0.4) is 0 Å². The number of furan rings is 1. The Morgan fingerprint density at radius 1 is 0.820 bits per heavy atom. The number of nitrogens with zero attached hydrogens (tertiary/aromatic N) is 3. The van der Waals surface area contributed by atoms with Gasteiger partial charge in [0.2, 0.25) is 0 Å². The van der Waals surface area contributed by atoms with Gasteiger partial charge in [0.1, 0.15) is 5.58 Å². The molecule has 3 heterocycles. The molecule has 0 saturated heterocycles. The molecule has 1 aliphatic rings. The van der Waals surface area contributed by atoms with E-state index >= 15 is 0 Å². The van der Waals surface area contributed by atoms with Crippen LogP contribution >= 0.6 is 0 Å². The third-order valence-electron chi connectivity index (χ3n) is 11.0. The Labute approximate surface area is 389 Å². The normalized spacial score (nSPS) is 17.4. The molecule has 0 atom stereocenters. The fourth-order valence-electron chi connectivity index (χ4n) is 7.76. The number of nitriles is 1. The third kappa shape index (κ3) is 9.79. The van der Waals surface area contributed by atoms with Crippen LogP contribution in [0.2, 0.25) is 0 Å². The molecule has 1 aliphatic carbocycles. The van der Waals surface area contributed by atoms with Crippen molar-refractivity contribution in [3.63, 3.8) is 0 Å². The molecule has 1 saturated carbocycles. The van der Waals surface area contributed by atoms with Gasteiger partial charge in [0.15, 0.2) is 0 Å². The van der Waals surface area contributed by atoms with Gasteiger partial charge in [0.25, 0.3) is 0 Å². The molecule has 9 rings (SSSR count). The first-order chi connectivity index (χ1) is 32.8. The van der Waals surface area contributed by atoms with Gasteiger partial charge in [0.05, 0.1) is 18.6 Å². The van der Waals surface area contributed by atoms with Gasteiger partial charge in [-0.25, -0.2) is 0 Å². The van der Waals surface area contributed by atoms with Gasteiger partial charge in [-0.3, -0.25) is 0 Å². The van der Waals surface area contributed by atoms with E-state index in [9.17, 15) is 8.00 Å². The molecule has 0 amide bonds. The number of rotatable bonds is 6. The van der Waals surface area contributed by atoms with E-state index < -0.39 is 31.4 Å². The molecule has 0 bridgehead atoms. The van der Waals surface area contributed by atoms with Gasteiger partial charge in [-0.2, -0.15) is 5.26 Å². The van der Waals surface area contributed by atoms with E-state index in [0.29, 0.717) is 52.0 Å². The van der Waals surface area contributed by atoms with Crippen molar-refractivity contribution in [2.75, 3.05) is 0 Å². The maximum atomic E-state index is 9.32. The molecule has 0 unspecified atom stereocenters. The van der Waals surface area contributed by atoms with Crippen molar-refractivity contribution in [1.29, 1.82) is 5.26 Å². The van der Waals surface area contributed by atoms with Crippen LogP contribution in [0.1, 0.15) is 108 Å². The van der Waals surface area contributed by atoms with Crippen LogP contribution in [0.5, 0.6) is 0 Å². The largest absolute Gasteiger partial charge is 0.500 e. The van der Waals surface area contributed by atoms with Crippen molar-refractivity contribution in [2.45, 2.75) is 86.3 Å². The Kier molecular flexibility index (Phi) is 9.54. The fourth-order valence-corrected chi connectivity index (χ4v) is 7.76. The molecule has 5 heteroatoms. The zero-order chi connectivity index (χ0) is 50.6. The van der Waals surface area contributed by atoms with Crippen molar-refractivity contribution in [2.24, 2.45) is 10.8 Å². The van der Waals surface area contributed by atoms with Gasteiger partial charge in [-0.15, -0.1) is 54.1 Å². The summed E-state index contributed by atoms with van der Waals surface area (Å²) in [4.78, 5) is 8.90. The van der Waals surface area contributed by atoms with E-state index in [0.717, 1.165) is 46.0 Å². The van der Waals surface area contributed by atoms with Crippen molar-refractivity contribution < 1.29 is 38.2 Å². The van der Waals surface area contributed by atoms with E-state index in [1.165, 1.54) is 24.4 Å². The van der Waals surface area contributed by atoms with E-state index in [2.05, 4.69) is 42.0 Å². The number of pyridine rings is 2. The van der Waals surface area contributed by atoms with Gasteiger partial charge in [0, 0.05) is 55.8 Å². The molecular weight excluding hydrogens is 923 g/mol. The van der Waals surface area contributed by atoms with Gasteiger partial charge in [-0.05, 0) is 125 Å². The number of hydrogen-bond donors (Lipinski definition) is 0. The minimum absolute atomic E-state index is 0. The predicted molar refractivity (Wildman–Crippen MR) is 248 cm³/mol. The molecule has 5 aromatic carbocycles. The molecule has 0 spiro atoms. The fraction of sp³-hybridized carbons (Fsp3) is 0.268. The minimum atomic E-state index is -2.70. The first kappa shape index (κ1) is 32.1. The molecule has 1 radical (unpaired) electrons. The van der Waals surface area contributed by atoms with Crippen molar-refractivity contribution in [3.8, 4) is 50.8 Å². The number of aromatic nitrogens is 2. The van der Waals surface area contributed by atoms with E-state index in [1.54, 1.807) is 24.4 Å². The summed E-state index contributed by atoms with van der Waals surface area (Å²) in [6.07, 6.45) is 4.10. The summed E-state index contributed by atoms with van der Waals surface area (Å²) in [5.41, 5.74) is 6.16. The number of fused-ring (bicyclic) bond motifs is 3. The summed E-state index contributed by atoms with van der Waals surface area (Å²) in [7, 11) is 0. The zero-order valence-electron chi connectivity index (χ0n) is 45.0. The Bertz CT molecular complexity index is 3250. The minimum Gasteiger partial charge on any atom is -0.500 e. The van der Waals surface area contributed by atoms with Gasteiger partial charge < -0.3 is 14.4 Å². The number of para-hydroxylation sites is 1. The van der Waals surface area contributed by atoms with E-state index in [1.807, 2.05) is 93.6 Å². The predicted octanol–water partition coefficient (Wildman–Crippen LogP) is 15.1. The molecule has 1 fully saturated rings. The summed E-state index contributed by atoms with van der Waals surface area (Å²) < 4.78 is 92.1. The number of hydrogen-bond acceptors (Lipinski definition) is 4. The van der Waals surface area contributed by atoms with Crippen molar-refractivity contribution in [3.05, 3.63) is 168 Å². The van der Waals surface area contributed by atoms with Crippen LogP contribution in [-0.2, 0) is 26.5 Å². The molecule has 0 N–H and O–H groups in total. The maximum absolute atomic E-state index is 9.32. The Morgan fingerprint density at radius 2 is 1.59 bits per heavy atom. The summed E-state index contributed by atoms with van der Waals surface area (Å²) in [5, 5.41) is 10.9. The molecular formula is C56H53IrN3O-2. The summed E-state index contributed by atoms with van der Waals surface area (Å²) in [6, 6.07) is 40.8. The van der Waals surface area contributed by atoms with Crippen molar-refractivity contribution in [1.82, 2.24) is 9.97 Å². The van der Waals surface area contributed by atoms with Crippen LogP contribution in [0.4, 0.5) is 0 Å². The van der Waals surface area contributed by atoms with E-state index in [-0.39, 0.29) is 53.8 Å². The molecule has 0 aliphatic heterocycles. The first-order valence-electron chi connectivity index (χ1n) is 25.3. The Morgan fingerprint density at radius 3 is 2.28 bits per heavy atom. The average molecular weight is 986 g/mol. The zero-order valence-corrected chi connectivity index (χ0v) is 37.4. The van der Waals surface area contributed by atoms with Crippen LogP contribution in [-0.4, -0.2) is 9.97 Å². The SMILES string of the molecule is [2H]C([2H])(c1ccc(-c2[c-]cccc2)nc1)C(C)(C)C.[2H]c1cc(C2([2H])CCC(C)(C)CC2)cc(C([2H])([2H])[2H])c1-c1cc(-c2[c-]ccc3c2oc2c(-c4ccc(C#N)cc4)cccc23)ncc1C([2H])([2H])[2H].[Ir]. The molecule has 309 valence electrons. The van der Waals surface area contributed by atoms with Crippen LogP contribution in [0.15, 0.2) is 132 Å². The first-order valence-corrected chi connectivity index (χ1v) is 20.3. The topological polar surface area (TPSA) is 62.7 Å². The monoisotopic (exact) mass is 986 g/mol. The summed E-state index contributed by atoms with van der Waals surface area (Å²) >= 11 is 0. The second-order valence-electron chi connectivity index (χ2n) is 17.2. The molecule has 61 heavy (non-hydrogen) atoms. The maximum Gasteiger partial charge on any atom is 0.128 e. The van der Waals surface area contributed by atoms with Crippen LogP contribution in [0, 0.1) is 48.0 Å². The number of aryl methyl sites for hydroxylation is 2. The number of benzene rings is 5. The van der Waals surface area contributed by atoms with Crippen LogP contribution in [0.25, 0.3) is 66.7 Å². The third-order valence-corrected chi connectivity index (χ3v) is 11.0. The molecule has 8 aromatic rings. The van der Waals surface area contributed by atoms with Crippen molar-refractivity contribution >= 4 is 21.9 Å². The summed E-state index contributed by atoms with van der Waals surface area (Å²) in [5.74, 6) is -1.05. The second kappa shape index (κ2) is 18.1. The smallest absolute Gasteiger partial charge is 0.128 e. The van der Waals surface area contributed by atoms with Gasteiger partial charge >= 0.3 is 0 Å². The standard InChI is InChI=1S/C40H35N2O.C16H18N.Ir/c1-25-21-30(28-17-19-40(3,4)20-18-28)15-16-31(25)36-22-37(42-24-26(36)2)35-10-6-9-34-33-8-5-7-32(38(33)43-39(34)35)29-13-11-27(23-41)12-14-29;1-16(2,3)11-13-9-10-15(17-12-13)14-7-5-4-6-8-14;/h5-9,11-16,21-22,24,28H,17-20H2,1-4H3;4-7,9-10,12H,11H2,1-3H3;/q2*-1;/i1D3,2D3,16D,28D;11D2;. The second-order valence-corrected chi connectivity index (χ2v) is 17.2. The Hall–Kier alpha value is -5.66. The quantitative estimate of drug-likeness (QED) is 0.156. The van der Waals surface area contributed by atoms with Gasteiger partial charge in [-0.1, -0.05) is 112 Å². The van der Waals surface area contributed by atoms with E-state index in [4.69, 9.17) is 15.4 Å². The molecule has 4 nitrogen and oxygen atoms in total.